The van der Waals surface area contributed by atoms with Gasteiger partial charge in [-0.3, -0.25) is 18.8 Å². The first kappa shape index (κ1) is 20.7. The zero-order valence-electron chi connectivity index (χ0n) is 17.9. The zero-order valence-corrected chi connectivity index (χ0v) is 19.6. The topological polar surface area (TPSA) is 103 Å². The number of likely N-dealkylation sites (tertiary alicyclic amines) is 1. The molecule has 2 aromatic heterocycles. The number of amides is 1. The van der Waals surface area contributed by atoms with Crippen LogP contribution in [0.25, 0.3) is 22.0 Å². The fourth-order valence-corrected chi connectivity index (χ4v) is 9.30. The highest BCUT2D eigenvalue weighted by Crippen LogP contribution is 2.66. The summed E-state index contributed by atoms with van der Waals surface area (Å²) in [5.74, 6) is -0.166. The van der Waals surface area contributed by atoms with E-state index in [-0.39, 0.29) is 16.4 Å². The lowest BCUT2D eigenvalue weighted by atomic mass is 9.89. The number of aromatic amines is 1. The van der Waals surface area contributed by atoms with Gasteiger partial charge < -0.3 is 10.7 Å². The maximum absolute atomic E-state index is 12.3. The molecule has 2 atom stereocenters. The molecule has 3 aliphatic rings. The predicted molar refractivity (Wildman–Crippen MR) is 132 cm³/mol. The van der Waals surface area contributed by atoms with Gasteiger partial charge in [0.05, 0.1) is 11.1 Å². The number of primary amides is 1. The minimum Gasteiger partial charge on any atom is -0.366 e. The Morgan fingerprint density at radius 3 is 2.56 bits per heavy atom. The van der Waals surface area contributed by atoms with Crippen LogP contribution >= 0.6 is 21.9 Å². The Balaban J connectivity index is 1.38. The van der Waals surface area contributed by atoms with E-state index in [0.717, 1.165) is 54.3 Å². The van der Waals surface area contributed by atoms with Crippen molar-refractivity contribution in [1.29, 1.82) is 0 Å². The van der Waals surface area contributed by atoms with Crippen LogP contribution in [0.1, 0.15) is 58.8 Å². The molecule has 0 radical (unpaired) electrons. The van der Waals surface area contributed by atoms with Crippen LogP contribution in [0.2, 0.25) is 0 Å². The van der Waals surface area contributed by atoms with Crippen LogP contribution in [0.15, 0.2) is 29.8 Å². The van der Waals surface area contributed by atoms with E-state index in [4.69, 9.17) is 5.73 Å². The van der Waals surface area contributed by atoms with Gasteiger partial charge in [-0.2, -0.15) is 10.6 Å². The van der Waals surface area contributed by atoms with Crippen molar-refractivity contribution in [3.63, 3.8) is 0 Å². The summed E-state index contributed by atoms with van der Waals surface area (Å²) >= 11 is 1.77. The quantitative estimate of drug-likeness (QED) is 0.402. The highest BCUT2D eigenvalue weighted by molar-refractivity contribution is 8.25. The predicted octanol–water partition coefficient (Wildman–Crippen LogP) is 5.36. The lowest BCUT2D eigenvalue weighted by Crippen LogP contribution is -2.35. The second-order valence-corrected chi connectivity index (χ2v) is 13.2. The number of nitrogens with one attached hydrogen (secondary N) is 1. The molecule has 6 nitrogen and oxygen atoms in total. The summed E-state index contributed by atoms with van der Waals surface area (Å²) < 4.78 is 21.1. The molecule has 1 aromatic carbocycles. The van der Waals surface area contributed by atoms with Gasteiger partial charge in [-0.1, -0.05) is 0 Å². The van der Waals surface area contributed by atoms with E-state index in [1.807, 2.05) is 12.3 Å². The van der Waals surface area contributed by atoms with Gasteiger partial charge in [-0.25, -0.2) is 0 Å². The Labute approximate surface area is 193 Å². The number of aromatic nitrogens is 1. The number of hydrogen-bond donors (Lipinski definition) is 4. The fourth-order valence-electron chi connectivity index (χ4n) is 5.82. The van der Waals surface area contributed by atoms with Crippen molar-refractivity contribution in [3.05, 3.63) is 45.8 Å². The van der Waals surface area contributed by atoms with E-state index in [9.17, 15) is 13.9 Å². The number of benzene rings is 1. The summed E-state index contributed by atoms with van der Waals surface area (Å²) in [7, 11) is -2.47. The van der Waals surface area contributed by atoms with Gasteiger partial charge in [0, 0.05) is 33.5 Å². The molecule has 3 aliphatic heterocycles. The van der Waals surface area contributed by atoms with Gasteiger partial charge in [0.25, 0.3) is 5.91 Å². The first-order valence-corrected chi connectivity index (χ1v) is 14.0. The Morgan fingerprint density at radius 2 is 1.91 bits per heavy atom. The number of hydrogen-bond acceptors (Lipinski definition) is 5. The Bertz CT molecular complexity index is 1180. The van der Waals surface area contributed by atoms with E-state index in [1.165, 1.54) is 30.0 Å². The average molecular weight is 472 g/mol. The lowest BCUT2D eigenvalue weighted by molar-refractivity contribution is 0.100. The maximum atomic E-state index is 12.3. The van der Waals surface area contributed by atoms with Gasteiger partial charge >= 0.3 is 0 Å². The molecular weight excluding hydrogens is 442 g/mol. The number of fused-ring (bicyclic) bond motifs is 3. The molecule has 1 amide bonds. The van der Waals surface area contributed by atoms with Gasteiger partial charge in [0.15, 0.2) is 0 Å². The zero-order chi connectivity index (χ0) is 22.0. The molecular formula is C24H29N3O3S2. The van der Waals surface area contributed by atoms with Gasteiger partial charge in [0.2, 0.25) is 0 Å². The number of carbonyl (C=O) groups excluding carboxylic acids is 1. The van der Waals surface area contributed by atoms with Crippen molar-refractivity contribution in [1.82, 2.24) is 9.88 Å². The third kappa shape index (κ3) is 3.31. The van der Waals surface area contributed by atoms with Gasteiger partial charge in [0.1, 0.15) is 0 Å². The molecule has 32 heavy (non-hydrogen) atoms. The third-order valence-electron chi connectivity index (χ3n) is 7.73. The van der Waals surface area contributed by atoms with Gasteiger partial charge in [-0.15, -0.1) is 11.3 Å². The van der Waals surface area contributed by atoms with Crippen molar-refractivity contribution in [2.45, 2.75) is 55.1 Å². The minimum atomic E-state index is -2.47. The van der Waals surface area contributed by atoms with E-state index in [2.05, 4.69) is 27.4 Å². The van der Waals surface area contributed by atoms with Crippen LogP contribution in [0.3, 0.4) is 0 Å². The van der Waals surface area contributed by atoms with Crippen LogP contribution in [-0.2, 0) is 6.54 Å². The molecule has 0 saturated carbocycles. The molecule has 3 aromatic rings. The van der Waals surface area contributed by atoms with Gasteiger partial charge in [-0.05, 0) is 91.4 Å². The average Bonchev–Trinajstić information content (AvgIpc) is 3.38. The molecule has 5 N–H and O–H groups in total. The van der Waals surface area contributed by atoms with E-state index < -0.39 is 16.5 Å². The molecule has 0 aliphatic carbocycles. The second kappa shape index (κ2) is 7.60. The van der Waals surface area contributed by atoms with Crippen LogP contribution in [-0.4, -0.2) is 48.5 Å². The molecule has 6 rings (SSSR count). The van der Waals surface area contributed by atoms with E-state index in [0.29, 0.717) is 5.56 Å². The summed E-state index contributed by atoms with van der Waals surface area (Å²) in [6.45, 7) is 3.33. The summed E-state index contributed by atoms with van der Waals surface area (Å²) in [6, 6.07) is 6.32. The molecule has 0 spiro atoms. The van der Waals surface area contributed by atoms with Crippen molar-refractivity contribution in [2.75, 3.05) is 13.1 Å². The van der Waals surface area contributed by atoms with Crippen LogP contribution in [0.4, 0.5) is 0 Å². The number of nitrogens with zero attached hydrogens (tertiary/aromatic N) is 1. The monoisotopic (exact) mass is 471 g/mol. The molecule has 3 saturated heterocycles. The third-order valence-corrected chi connectivity index (χ3v) is 11.5. The smallest absolute Gasteiger partial charge is 0.250 e. The van der Waals surface area contributed by atoms with Crippen LogP contribution < -0.4 is 5.73 Å². The standard InChI is InChI=1S/C24H29N3O3S2/c25-24(28)21-10-14(16-6-17(31-13-16)12-27-4-1-5-27)9-20-22(11-26-23(20)21)15-7-18-2-3-19(8-15)32(18,29)30/h6,9-11,13,15,18-19,26,29-30H,1-5,7-8,12H2,(H2,25,28). The molecule has 2 bridgehead atoms. The number of carbonyl (C=O) groups is 1. The number of rotatable bonds is 5. The van der Waals surface area contributed by atoms with Crippen LogP contribution in [0.5, 0.6) is 0 Å². The maximum Gasteiger partial charge on any atom is 0.250 e. The first-order valence-electron chi connectivity index (χ1n) is 11.4. The second-order valence-electron chi connectivity index (χ2n) is 9.62. The first-order chi connectivity index (χ1) is 15.4. The van der Waals surface area contributed by atoms with E-state index >= 15 is 0 Å². The summed E-state index contributed by atoms with van der Waals surface area (Å²) in [4.78, 5) is 19.4. The van der Waals surface area contributed by atoms with Crippen molar-refractivity contribution in [2.24, 2.45) is 5.73 Å². The van der Waals surface area contributed by atoms with Crippen molar-refractivity contribution in [3.8, 4) is 11.1 Å². The SMILES string of the molecule is NC(=O)c1cc(-c2csc(CN3CCC3)c2)cc2c(C3CC4CCC(C3)S4(O)O)c[nH]c12. The molecule has 170 valence electrons. The number of thiophene rings is 1. The Kier molecular flexibility index (Phi) is 4.93. The normalized spacial score (nSPS) is 28.0. The molecule has 2 unspecified atom stereocenters. The molecule has 5 heterocycles. The highest BCUT2D eigenvalue weighted by atomic mass is 32.3. The number of nitrogens with two attached hydrogens (primary N) is 1. The largest absolute Gasteiger partial charge is 0.366 e. The highest BCUT2D eigenvalue weighted by Gasteiger charge is 2.47. The molecule has 8 heteroatoms. The fraction of sp³-hybridized carbons (Fsp3) is 0.458. The molecule has 3 fully saturated rings. The van der Waals surface area contributed by atoms with Crippen LogP contribution in [0, 0.1) is 0 Å². The van der Waals surface area contributed by atoms with Crippen molar-refractivity contribution < 1.29 is 13.9 Å². The summed E-state index contributed by atoms with van der Waals surface area (Å²) in [6.07, 6.45) is 6.67. The summed E-state index contributed by atoms with van der Waals surface area (Å²) in [5.41, 5.74) is 10.4. The number of H-pyrrole nitrogens is 1. The Hall–Kier alpha value is -1.84. The lowest BCUT2D eigenvalue weighted by Gasteiger charge is -2.46. The minimum absolute atomic E-state index is 0.00377. The van der Waals surface area contributed by atoms with Crippen molar-refractivity contribution >= 4 is 38.7 Å². The Morgan fingerprint density at radius 1 is 1.16 bits per heavy atom. The van der Waals surface area contributed by atoms with E-state index in [1.54, 1.807) is 11.3 Å². The summed E-state index contributed by atoms with van der Waals surface area (Å²) in [5, 5.41) is 3.20.